The summed E-state index contributed by atoms with van der Waals surface area (Å²) in [4.78, 5) is 0. The zero-order chi connectivity index (χ0) is 15.7. The van der Waals surface area contributed by atoms with Crippen molar-refractivity contribution in [2.24, 2.45) is 22.7 Å². The first-order valence-electron chi connectivity index (χ1n) is 8.77. The summed E-state index contributed by atoms with van der Waals surface area (Å²) in [6.45, 7) is 14.0. The zero-order valence-electron chi connectivity index (χ0n) is 14.5. The fourth-order valence-corrected chi connectivity index (χ4v) is 5.32. The second kappa shape index (κ2) is 6.28. The molecule has 2 aliphatic rings. The highest BCUT2D eigenvalue weighted by Crippen LogP contribution is 2.61. The van der Waals surface area contributed by atoms with Gasteiger partial charge in [0.2, 0.25) is 0 Å². The summed E-state index contributed by atoms with van der Waals surface area (Å²) >= 11 is 0. The average Bonchev–Trinajstić information content (AvgIpc) is 2.45. The topological polar surface area (TPSA) is 20.2 Å². The summed E-state index contributed by atoms with van der Waals surface area (Å²) in [5, 5.41) is 9.98. The van der Waals surface area contributed by atoms with E-state index in [0.717, 1.165) is 6.42 Å². The second-order valence-corrected chi connectivity index (χ2v) is 8.15. The van der Waals surface area contributed by atoms with Crippen molar-refractivity contribution < 1.29 is 5.11 Å². The van der Waals surface area contributed by atoms with E-state index in [1.807, 2.05) is 0 Å². The Labute approximate surface area is 131 Å². The molecule has 0 radical (unpaired) electrons. The molecule has 0 spiro atoms. The number of rotatable bonds is 4. The van der Waals surface area contributed by atoms with Gasteiger partial charge in [-0.3, -0.25) is 0 Å². The molecule has 0 heterocycles. The molecule has 0 bridgehead atoms. The lowest BCUT2D eigenvalue weighted by molar-refractivity contribution is -0.0858. The fraction of sp³-hybridized carbons (Fsp3) is 0.800. The summed E-state index contributed by atoms with van der Waals surface area (Å²) in [6, 6.07) is 0. The van der Waals surface area contributed by atoms with Crippen LogP contribution in [0.25, 0.3) is 0 Å². The predicted octanol–water partition coefficient (Wildman–Crippen LogP) is 5.50. The van der Waals surface area contributed by atoms with Crippen LogP contribution in [-0.4, -0.2) is 11.7 Å². The van der Waals surface area contributed by atoms with Crippen molar-refractivity contribution in [3.8, 4) is 0 Å². The summed E-state index contributed by atoms with van der Waals surface area (Å²) in [6.07, 6.45) is 10.8. The van der Waals surface area contributed by atoms with Crippen LogP contribution in [0.2, 0.25) is 0 Å². The number of hydrogen-bond acceptors (Lipinski definition) is 1. The molecule has 120 valence electrons. The molecule has 0 aromatic heterocycles. The zero-order valence-corrected chi connectivity index (χ0v) is 14.5. The fourth-order valence-electron chi connectivity index (χ4n) is 5.32. The van der Waals surface area contributed by atoms with Crippen molar-refractivity contribution in [2.75, 3.05) is 6.61 Å². The third-order valence-corrected chi connectivity index (χ3v) is 6.82. The molecule has 0 amide bonds. The van der Waals surface area contributed by atoms with Gasteiger partial charge < -0.3 is 5.11 Å². The highest BCUT2D eigenvalue weighted by atomic mass is 16.3. The molecule has 1 unspecified atom stereocenters. The van der Waals surface area contributed by atoms with Crippen LogP contribution in [0, 0.1) is 22.7 Å². The number of aliphatic hydroxyl groups excluding tert-OH is 1. The van der Waals surface area contributed by atoms with E-state index in [9.17, 15) is 5.11 Å². The van der Waals surface area contributed by atoms with Crippen LogP contribution in [-0.2, 0) is 0 Å². The monoisotopic (exact) mass is 290 g/mol. The first kappa shape index (κ1) is 16.8. The number of fused-ring (bicyclic) bond motifs is 1. The second-order valence-electron chi connectivity index (χ2n) is 8.15. The molecule has 21 heavy (non-hydrogen) atoms. The van der Waals surface area contributed by atoms with Crippen molar-refractivity contribution in [3.63, 3.8) is 0 Å². The van der Waals surface area contributed by atoms with E-state index < -0.39 is 0 Å². The van der Waals surface area contributed by atoms with Crippen LogP contribution >= 0.6 is 0 Å². The third kappa shape index (κ3) is 2.99. The van der Waals surface area contributed by atoms with E-state index >= 15 is 0 Å². The molecule has 4 atom stereocenters. The smallest absolute Gasteiger partial charge is 0.0487 e. The lowest BCUT2D eigenvalue weighted by Gasteiger charge is -2.58. The molecule has 1 nitrogen and oxygen atoms in total. The first-order valence-corrected chi connectivity index (χ1v) is 8.77. The van der Waals surface area contributed by atoms with E-state index in [-0.39, 0.29) is 5.41 Å². The van der Waals surface area contributed by atoms with Crippen LogP contribution in [0.15, 0.2) is 23.8 Å². The quantitative estimate of drug-likeness (QED) is 0.677. The average molecular weight is 290 g/mol. The molecule has 1 N–H and O–H groups in total. The molecular weight excluding hydrogens is 256 g/mol. The van der Waals surface area contributed by atoms with E-state index in [4.69, 9.17) is 0 Å². The van der Waals surface area contributed by atoms with Gasteiger partial charge in [-0.05, 0) is 75.0 Å². The van der Waals surface area contributed by atoms with Crippen molar-refractivity contribution >= 4 is 0 Å². The maximum atomic E-state index is 9.98. The van der Waals surface area contributed by atoms with Gasteiger partial charge in [-0.1, -0.05) is 44.1 Å². The van der Waals surface area contributed by atoms with Gasteiger partial charge in [0.05, 0.1) is 0 Å². The maximum Gasteiger partial charge on any atom is 0.0487 e. The predicted molar refractivity (Wildman–Crippen MR) is 91.2 cm³/mol. The SMILES string of the molecule is C=C1CC[C@H]2[C@@](C)(CO)CCC[C@]2(C)C1CC/C(C)=C/C. The molecule has 0 aliphatic heterocycles. The molecule has 2 aliphatic carbocycles. The van der Waals surface area contributed by atoms with E-state index in [0.29, 0.717) is 23.9 Å². The molecule has 0 saturated heterocycles. The van der Waals surface area contributed by atoms with Crippen molar-refractivity contribution in [2.45, 2.75) is 72.6 Å². The van der Waals surface area contributed by atoms with Gasteiger partial charge >= 0.3 is 0 Å². The lowest BCUT2D eigenvalue weighted by Crippen LogP contribution is -2.51. The Morgan fingerprint density at radius 2 is 2.10 bits per heavy atom. The number of allylic oxidation sites excluding steroid dienone is 3. The molecule has 2 rings (SSSR count). The summed E-state index contributed by atoms with van der Waals surface area (Å²) in [5.41, 5.74) is 3.44. The summed E-state index contributed by atoms with van der Waals surface area (Å²) < 4.78 is 0. The van der Waals surface area contributed by atoms with Crippen LogP contribution in [0.1, 0.15) is 72.6 Å². The Morgan fingerprint density at radius 3 is 2.71 bits per heavy atom. The van der Waals surface area contributed by atoms with E-state index in [2.05, 4.69) is 40.3 Å². The molecule has 2 fully saturated rings. The lowest BCUT2D eigenvalue weighted by atomic mass is 9.47. The minimum absolute atomic E-state index is 0.127. The first-order chi connectivity index (χ1) is 9.87. The maximum absolute atomic E-state index is 9.98. The molecule has 0 aromatic carbocycles. The number of aliphatic hydroxyl groups is 1. The van der Waals surface area contributed by atoms with Gasteiger partial charge in [-0.25, -0.2) is 0 Å². The van der Waals surface area contributed by atoms with Gasteiger partial charge in [0.15, 0.2) is 0 Å². The Morgan fingerprint density at radius 1 is 1.38 bits per heavy atom. The van der Waals surface area contributed by atoms with Crippen molar-refractivity contribution in [1.82, 2.24) is 0 Å². The van der Waals surface area contributed by atoms with Gasteiger partial charge in [-0.15, -0.1) is 0 Å². The van der Waals surface area contributed by atoms with Gasteiger partial charge in [0.1, 0.15) is 0 Å². The van der Waals surface area contributed by atoms with Crippen LogP contribution in [0.3, 0.4) is 0 Å². The summed E-state index contributed by atoms with van der Waals surface area (Å²) in [7, 11) is 0. The Bertz CT molecular complexity index is 422. The molecule has 2 saturated carbocycles. The van der Waals surface area contributed by atoms with Gasteiger partial charge in [0.25, 0.3) is 0 Å². The molecular formula is C20H34O. The third-order valence-electron chi connectivity index (χ3n) is 6.82. The van der Waals surface area contributed by atoms with Crippen LogP contribution < -0.4 is 0 Å². The Balaban J connectivity index is 2.24. The Hall–Kier alpha value is -0.560. The number of hydrogen-bond donors (Lipinski definition) is 1. The molecule has 1 heteroatoms. The normalized spacial score (nSPS) is 41.0. The van der Waals surface area contributed by atoms with Crippen molar-refractivity contribution in [3.05, 3.63) is 23.8 Å². The van der Waals surface area contributed by atoms with Gasteiger partial charge in [0, 0.05) is 6.61 Å². The van der Waals surface area contributed by atoms with Crippen LogP contribution in [0.4, 0.5) is 0 Å². The Kier molecular flexibility index (Phi) is 5.03. The standard InChI is InChI=1S/C20H34O/c1-6-15(2)8-10-17-16(3)9-11-18-19(4,14-21)12-7-13-20(17,18)5/h6,17-18,21H,3,7-14H2,1-2,4-5H3/b15-6+/t17?,18-,19+,20+/m0/s1. The minimum Gasteiger partial charge on any atom is -0.396 e. The minimum atomic E-state index is 0.127. The van der Waals surface area contributed by atoms with Crippen LogP contribution in [0.5, 0.6) is 0 Å². The largest absolute Gasteiger partial charge is 0.396 e. The molecule has 0 aromatic rings. The highest BCUT2D eigenvalue weighted by molar-refractivity contribution is 5.17. The summed E-state index contributed by atoms with van der Waals surface area (Å²) in [5.74, 6) is 1.29. The highest BCUT2D eigenvalue weighted by Gasteiger charge is 2.53. The van der Waals surface area contributed by atoms with Crippen molar-refractivity contribution in [1.29, 1.82) is 0 Å². The van der Waals surface area contributed by atoms with E-state index in [1.54, 1.807) is 0 Å². The van der Waals surface area contributed by atoms with E-state index in [1.165, 1.54) is 49.7 Å². The van der Waals surface area contributed by atoms with Gasteiger partial charge in [-0.2, -0.15) is 0 Å².